The number of carbonyl (C=O) groups is 1. The summed E-state index contributed by atoms with van der Waals surface area (Å²) in [6.45, 7) is 0. The van der Waals surface area contributed by atoms with Gasteiger partial charge in [0.15, 0.2) is 0 Å². The summed E-state index contributed by atoms with van der Waals surface area (Å²) < 4.78 is 0. The minimum absolute atomic E-state index is 0.762. The SMILES string of the molecule is NC(=O)O.SCc1nccs1. The highest BCUT2D eigenvalue weighted by Crippen LogP contribution is 2.05. The number of nitrogens with two attached hydrogens (primary N) is 1. The van der Waals surface area contributed by atoms with E-state index in [0.717, 1.165) is 10.8 Å². The standard InChI is InChI=1S/C4H5NS2.CH3NO2/c6-3-4-5-1-2-7-4;2-1(3)4/h1-2,6H,3H2;2H2,(H,3,4). The zero-order chi connectivity index (χ0) is 8.69. The van der Waals surface area contributed by atoms with Gasteiger partial charge in [-0.25, -0.2) is 9.78 Å². The lowest BCUT2D eigenvalue weighted by Crippen LogP contribution is -2.03. The van der Waals surface area contributed by atoms with Crippen LogP contribution < -0.4 is 5.73 Å². The third-order valence-electron chi connectivity index (χ3n) is 0.619. The quantitative estimate of drug-likeness (QED) is 0.585. The van der Waals surface area contributed by atoms with Crippen LogP contribution in [-0.4, -0.2) is 16.2 Å². The first kappa shape index (κ1) is 10.2. The summed E-state index contributed by atoms with van der Waals surface area (Å²) in [5.41, 5.74) is 4.03. The van der Waals surface area contributed by atoms with Gasteiger partial charge in [-0.1, -0.05) is 0 Å². The summed E-state index contributed by atoms with van der Waals surface area (Å²) >= 11 is 5.66. The molecule has 0 aliphatic carbocycles. The van der Waals surface area contributed by atoms with Crippen molar-refractivity contribution in [3.05, 3.63) is 16.6 Å². The predicted molar refractivity (Wildman–Crippen MR) is 47.0 cm³/mol. The van der Waals surface area contributed by atoms with Crippen LogP contribution in [0.5, 0.6) is 0 Å². The van der Waals surface area contributed by atoms with Crippen molar-refractivity contribution in [2.24, 2.45) is 5.73 Å². The number of aromatic nitrogens is 1. The van der Waals surface area contributed by atoms with Crippen LogP contribution in [0.2, 0.25) is 0 Å². The maximum Gasteiger partial charge on any atom is 0.402 e. The Kier molecular flexibility index (Phi) is 5.58. The minimum atomic E-state index is -1.33. The molecule has 4 nitrogen and oxygen atoms in total. The Morgan fingerprint density at radius 3 is 2.64 bits per heavy atom. The van der Waals surface area contributed by atoms with Gasteiger partial charge in [0.25, 0.3) is 0 Å². The average molecular weight is 192 g/mol. The van der Waals surface area contributed by atoms with Crippen LogP contribution in [0.3, 0.4) is 0 Å². The largest absolute Gasteiger partial charge is 0.465 e. The summed E-state index contributed by atoms with van der Waals surface area (Å²) in [6.07, 6.45) is 0.455. The van der Waals surface area contributed by atoms with E-state index in [2.05, 4.69) is 23.3 Å². The van der Waals surface area contributed by atoms with Crippen molar-refractivity contribution >= 4 is 30.1 Å². The van der Waals surface area contributed by atoms with E-state index in [1.54, 1.807) is 17.5 Å². The zero-order valence-electron chi connectivity index (χ0n) is 5.60. The number of hydrogen-bond acceptors (Lipinski definition) is 4. The molecule has 62 valence electrons. The molecule has 1 heterocycles. The molecule has 0 radical (unpaired) electrons. The average Bonchev–Trinajstić information content (AvgIpc) is 2.36. The lowest BCUT2D eigenvalue weighted by Gasteiger charge is -1.76. The molecule has 3 N–H and O–H groups in total. The maximum absolute atomic E-state index is 8.78. The van der Waals surface area contributed by atoms with Gasteiger partial charge in [-0.2, -0.15) is 12.6 Å². The van der Waals surface area contributed by atoms with E-state index < -0.39 is 6.09 Å². The number of hydrogen-bond donors (Lipinski definition) is 3. The molecule has 11 heavy (non-hydrogen) atoms. The van der Waals surface area contributed by atoms with E-state index in [9.17, 15) is 0 Å². The molecule has 0 aromatic carbocycles. The van der Waals surface area contributed by atoms with E-state index in [1.165, 1.54) is 0 Å². The Morgan fingerprint density at radius 1 is 1.91 bits per heavy atom. The molecule has 1 aromatic heterocycles. The fraction of sp³-hybridized carbons (Fsp3) is 0.200. The second-order valence-corrected chi connectivity index (χ2v) is 2.72. The van der Waals surface area contributed by atoms with Crippen molar-refractivity contribution in [1.29, 1.82) is 0 Å². The van der Waals surface area contributed by atoms with Gasteiger partial charge < -0.3 is 10.8 Å². The monoisotopic (exact) mass is 192 g/mol. The van der Waals surface area contributed by atoms with Gasteiger partial charge in [-0.15, -0.1) is 11.3 Å². The van der Waals surface area contributed by atoms with E-state index in [4.69, 9.17) is 9.90 Å². The van der Waals surface area contributed by atoms with Crippen LogP contribution in [-0.2, 0) is 5.75 Å². The maximum atomic E-state index is 8.78. The minimum Gasteiger partial charge on any atom is -0.465 e. The van der Waals surface area contributed by atoms with Crippen LogP contribution in [0.4, 0.5) is 4.79 Å². The van der Waals surface area contributed by atoms with Gasteiger partial charge >= 0.3 is 6.09 Å². The van der Waals surface area contributed by atoms with Crippen molar-refractivity contribution in [2.75, 3.05) is 0 Å². The number of thiol groups is 1. The summed E-state index contributed by atoms with van der Waals surface area (Å²) in [6, 6.07) is 0. The Balaban J connectivity index is 0.000000218. The van der Waals surface area contributed by atoms with Gasteiger partial charge in [0.2, 0.25) is 0 Å². The molecule has 0 spiro atoms. The molecule has 1 aromatic rings. The molecule has 0 atom stereocenters. The van der Waals surface area contributed by atoms with Crippen molar-refractivity contribution < 1.29 is 9.90 Å². The predicted octanol–water partition coefficient (Wildman–Crippen LogP) is 1.20. The Bertz CT molecular complexity index is 196. The van der Waals surface area contributed by atoms with Crippen molar-refractivity contribution in [1.82, 2.24) is 4.98 Å². The van der Waals surface area contributed by atoms with E-state index >= 15 is 0 Å². The molecule has 0 aliphatic heterocycles. The fourth-order valence-corrected chi connectivity index (χ4v) is 1.11. The Labute approximate surface area is 73.5 Å². The number of carboxylic acid groups (broad SMARTS) is 1. The molecule has 0 unspecified atom stereocenters. The molecule has 0 aliphatic rings. The van der Waals surface area contributed by atoms with Crippen LogP contribution in [0.15, 0.2) is 11.6 Å². The van der Waals surface area contributed by atoms with Crippen LogP contribution in [0.1, 0.15) is 5.01 Å². The summed E-state index contributed by atoms with van der Waals surface area (Å²) in [4.78, 5) is 12.8. The highest BCUT2D eigenvalue weighted by Gasteiger charge is 1.85. The number of amides is 1. The third kappa shape index (κ3) is 7.14. The van der Waals surface area contributed by atoms with Crippen LogP contribution in [0, 0.1) is 0 Å². The summed E-state index contributed by atoms with van der Waals surface area (Å²) in [5.74, 6) is 0.762. The Morgan fingerprint density at radius 2 is 2.45 bits per heavy atom. The number of rotatable bonds is 1. The highest BCUT2D eigenvalue weighted by molar-refractivity contribution is 7.79. The zero-order valence-corrected chi connectivity index (χ0v) is 7.31. The number of thiazole rings is 1. The molecule has 0 saturated carbocycles. The fourth-order valence-electron chi connectivity index (χ4n) is 0.331. The molecule has 6 heteroatoms. The van der Waals surface area contributed by atoms with Crippen molar-refractivity contribution in [2.45, 2.75) is 5.75 Å². The first-order valence-electron chi connectivity index (χ1n) is 2.64. The van der Waals surface area contributed by atoms with E-state index in [-0.39, 0.29) is 0 Å². The Hall–Kier alpha value is -0.750. The second kappa shape index (κ2) is 5.99. The van der Waals surface area contributed by atoms with Gasteiger partial charge in [-0.05, 0) is 0 Å². The number of primary amides is 1. The van der Waals surface area contributed by atoms with Gasteiger partial charge in [-0.3, -0.25) is 0 Å². The lowest BCUT2D eigenvalue weighted by atomic mass is 10.8. The van der Waals surface area contributed by atoms with Gasteiger partial charge in [0.1, 0.15) is 5.01 Å². The van der Waals surface area contributed by atoms with Crippen molar-refractivity contribution in [3.8, 4) is 0 Å². The molecular weight excluding hydrogens is 184 g/mol. The van der Waals surface area contributed by atoms with Crippen molar-refractivity contribution in [3.63, 3.8) is 0 Å². The van der Waals surface area contributed by atoms with E-state index in [1.807, 2.05) is 5.38 Å². The molecule has 0 bridgehead atoms. The molecule has 0 fully saturated rings. The summed E-state index contributed by atoms with van der Waals surface area (Å²) in [5, 5.41) is 10.2. The van der Waals surface area contributed by atoms with Gasteiger partial charge in [0.05, 0.1) is 0 Å². The second-order valence-electron chi connectivity index (χ2n) is 1.42. The summed E-state index contributed by atoms with van der Waals surface area (Å²) in [7, 11) is 0. The lowest BCUT2D eigenvalue weighted by molar-refractivity contribution is 0.205. The smallest absolute Gasteiger partial charge is 0.402 e. The highest BCUT2D eigenvalue weighted by atomic mass is 32.1. The van der Waals surface area contributed by atoms with E-state index in [0.29, 0.717) is 0 Å². The van der Waals surface area contributed by atoms with Gasteiger partial charge in [0, 0.05) is 17.3 Å². The van der Waals surface area contributed by atoms with Crippen LogP contribution in [0.25, 0.3) is 0 Å². The molecule has 1 rings (SSSR count). The normalized spacial score (nSPS) is 8.09. The van der Waals surface area contributed by atoms with Crippen LogP contribution >= 0.6 is 24.0 Å². The third-order valence-corrected chi connectivity index (χ3v) is 1.91. The molecular formula is C5H8N2O2S2. The first-order valence-corrected chi connectivity index (χ1v) is 4.15. The molecule has 1 amide bonds. The number of nitrogens with zero attached hydrogens (tertiary/aromatic N) is 1. The first-order chi connectivity index (χ1) is 5.16. The molecule has 0 saturated heterocycles. The topological polar surface area (TPSA) is 76.2 Å².